The van der Waals surface area contributed by atoms with Crippen molar-refractivity contribution in [3.8, 4) is 0 Å². The average molecular weight is 460 g/mol. The first-order chi connectivity index (χ1) is 15.4. The highest BCUT2D eigenvalue weighted by atomic mass is 16.6. The van der Waals surface area contributed by atoms with Crippen molar-refractivity contribution in [1.29, 1.82) is 0 Å². The monoisotopic (exact) mass is 459 g/mol. The van der Waals surface area contributed by atoms with Crippen LogP contribution in [0.5, 0.6) is 0 Å². The minimum Gasteiger partial charge on any atom is -0.444 e. The Morgan fingerprint density at radius 1 is 1.18 bits per heavy atom. The topological polar surface area (TPSA) is 67.8 Å². The third-order valence-electron chi connectivity index (χ3n) is 4.81. The first-order valence-corrected chi connectivity index (χ1v) is 11.6. The third kappa shape index (κ3) is 16.0. The van der Waals surface area contributed by atoms with Gasteiger partial charge in [0.15, 0.2) is 0 Å². The SMILES string of the molecule is C=C/C=C\CC[C@@H](/C=C(C)/C=C/[C@H](C)[C@H](O)/C(C)=C/C=C(\C)CNC(=O)OC(C)(C)C)OC. The highest BCUT2D eigenvalue weighted by molar-refractivity contribution is 5.68. The van der Waals surface area contributed by atoms with Crippen molar-refractivity contribution in [2.24, 2.45) is 5.92 Å². The number of aliphatic hydroxyl groups is 1. The molecule has 0 radical (unpaired) electrons. The minimum atomic E-state index is -0.598. The van der Waals surface area contributed by atoms with Gasteiger partial charge in [0.25, 0.3) is 0 Å². The Hall–Kier alpha value is -2.37. The van der Waals surface area contributed by atoms with E-state index in [1.807, 2.05) is 78.8 Å². The van der Waals surface area contributed by atoms with Crippen molar-refractivity contribution in [2.45, 2.75) is 79.1 Å². The smallest absolute Gasteiger partial charge is 0.407 e. The molecule has 0 aromatic carbocycles. The van der Waals surface area contributed by atoms with Crippen LogP contribution in [0.25, 0.3) is 0 Å². The molecule has 33 heavy (non-hydrogen) atoms. The number of carbonyl (C=O) groups excluding carboxylic acids is 1. The summed E-state index contributed by atoms with van der Waals surface area (Å²) in [6.07, 6.45) is 16.6. The van der Waals surface area contributed by atoms with Gasteiger partial charge in [0.1, 0.15) is 5.60 Å². The Morgan fingerprint density at radius 3 is 2.42 bits per heavy atom. The number of nitrogens with one attached hydrogen (secondary N) is 1. The van der Waals surface area contributed by atoms with Crippen LogP contribution >= 0.6 is 0 Å². The molecule has 3 atom stereocenters. The molecule has 0 aromatic heterocycles. The van der Waals surface area contributed by atoms with Gasteiger partial charge >= 0.3 is 6.09 Å². The van der Waals surface area contributed by atoms with E-state index < -0.39 is 17.8 Å². The van der Waals surface area contributed by atoms with Crippen molar-refractivity contribution in [2.75, 3.05) is 13.7 Å². The molecule has 186 valence electrons. The zero-order valence-electron chi connectivity index (χ0n) is 21.9. The zero-order valence-corrected chi connectivity index (χ0v) is 21.9. The van der Waals surface area contributed by atoms with Crippen molar-refractivity contribution in [3.63, 3.8) is 0 Å². The molecule has 0 rings (SSSR count). The van der Waals surface area contributed by atoms with Crippen LogP contribution in [0, 0.1) is 5.92 Å². The van der Waals surface area contributed by atoms with Crippen LogP contribution in [-0.4, -0.2) is 42.7 Å². The number of rotatable bonds is 13. The highest BCUT2D eigenvalue weighted by Crippen LogP contribution is 2.16. The van der Waals surface area contributed by atoms with Gasteiger partial charge in [-0.1, -0.05) is 73.3 Å². The molecule has 0 aromatic rings. The van der Waals surface area contributed by atoms with Crippen molar-refractivity contribution < 1.29 is 19.4 Å². The number of alkyl carbamates (subject to hydrolysis) is 1. The fraction of sp³-hybridized carbons (Fsp3) is 0.536. The lowest BCUT2D eigenvalue weighted by Gasteiger charge is -2.19. The summed E-state index contributed by atoms with van der Waals surface area (Å²) in [6.45, 7) is 17.4. The zero-order chi connectivity index (χ0) is 25.4. The Kier molecular flexibility index (Phi) is 15.1. The van der Waals surface area contributed by atoms with Crippen LogP contribution in [0.15, 0.2) is 71.9 Å². The molecule has 0 saturated carbocycles. The summed E-state index contributed by atoms with van der Waals surface area (Å²) in [5.41, 5.74) is 2.39. The van der Waals surface area contributed by atoms with Gasteiger partial charge in [0, 0.05) is 19.6 Å². The Labute approximate surface area is 201 Å². The second-order valence-corrected chi connectivity index (χ2v) is 9.37. The molecule has 0 unspecified atom stereocenters. The van der Waals surface area contributed by atoms with Gasteiger partial charge in [-0.05, 0) is 60.0 Å². The molecular weight excluding hydrogens is 414 g/mol. The molecule has 0 saturated heterocycles. The van der Waals surface area contributed by atoms with E-state index in [2.05, 4.69) is 24.0 Å². The van der Waals surface area contributed by atoms with Crippen LogP contribution in [0.2, 0.25) is 0 Å². The number of carbonyl (C=O) groups is 1. The van der Waals surface area contributed by atoms with E-state index in [1.54, 1.807) is 13.2 Å². The first kappa shape index (κ1) is 30.6. The van der Waals surface area contributed by atoms with E-state index >= 15 is 0 Å². The van der Waals surface area contributed by atoms with Crippen LogP contribution in [0.1, 0.15) is 61.3 Å². The summed E-state index contributed by atoms with van der Waals surface area (Å²) in [7, 11) is 1.72. The fourth-order valence-corrected chi connectivity index (χ4v) is 2.85. The number of hydrogen-bond donors (Lipinski definition) is 2. The lowest BCUT2D eigenvalue weighted by molar-refractivity contribution is 0.0532. The van der Waals surface area contributed by atoms with Gasteiger partial charge in [-0.2, -0.15) is 0 Å². The maximum atomic E-state index is 11.7. The normalized spacial score (nSPS) is 16.7. The van der Waals surface area contributed by atoms with Gasteiger partial charge < -0.3 is 19.9 Å². The van der Waals surface area contributed by atoms with Crippen molar-refractivity contribution in [3.05, 3.63) is 71.9 Å². The second kappa shape index (κ2) is 16.3. The van der Waals surface area contributed by atoms with E-state index in [0.29, 0.717) is 6.54 Å². The molecule has 0 heterocycles. The summed E-state index contributed by atoms with van der Waals surface area (Å²) in [6, 6.07) is 0. The van der Waals surface area contributed by atoms with Crippen LogP contribution in [0.4, 0.5) is 4.79 Å². The van der Waals surface area contributed by atoms with Gasteiger partial charge in [-0.3, -0.25) is 0 Å². The number of aliphatic hydroxyl groups excluding tert-OH is 1. The molecule has 0 spiro atoms. The molecule has 5 heteroatoms. The molecule has 2 N–H and O–H groups in total. The molecule has 5 nitrogen and oxygen atoms in total. The standard InChI is InChI=1S/C28H45NO4/c1-10-11-12-13-14-25(32-9)19-21(2)15-17-23(4)26(30)24(5)18-16-22(3)20-29-27(31)33-28(6,7)8/h10-12,15-19,23,25-26,30H,1,13-14,20H2,2-9H3,(H,29,31)/b12-11-,17-15+,21-19+,22-16+,24-18+/t23-,25-,26-/m0/s1. The summed E-state index contributed by atoms with van der Waals surface area (Å²) in [4.78, 5) is 11.7. The van der Waals surface area contributed by atoms with Gasteiger partial charge in [0.05, 0.1) is 12.2 Å². The summed E-state index contributed by atoms with van der Waals surface area (Å²) >= 11 is 0. The van der Waals surface area contributed by atoms with Crippen molar-refractivity contribution >= 4 is 6.09 Å². The Balaban J connectivity index is 4.82. The number of allylic oxidation sites excluding steroid dienone is 7. The molecule has 0 aliphatic rings. The lowest BCUT2D eigenvalue weighted by Crippen LogP contribution is -2.33. The maximum absolute atomic E-state index is 11.7. The van der Waals surface area contributed by atoms with Crippen LogP contribution < -0.4 is 5.32 Å². The summed E-state index contributed by atoms with van der Waals surface area (Å²) in [5, 5.41) is 13.4. The predicted octanol–water partition coefficient (Wildman–Crippen LogP) is 6.44. The second-order valence-electron chi connectivity index (χ2n) is 9.37. The molecule has 0 bridgehead atoms. The van der Waals surface area contributed by atoms with E-state index in [0.717, 1.165) is 29.6 Å². The quantitative estimate of drug-likeness (QED) is 0.311. The van der Waals surface area contributed by atoms with E-state index in [-0.39, 0.29) is 12.0 Å². The van der Waals surface area contributed by atoms with Crippen LogP contribution in [0.3, 0.4) is 0 Å². The Morgan fingerprint density at radius 2 is 1.85 bits per heavy atom. The lowest BCUT2D eigenvalue weighted by atomic mass is 9.96. The molecule has 0 aliphatic heterocycles. The molecular formula is C28H45NO4. The van der Waals surface area contributed by atoms with Crippen LogP contribution in [-0.2, 0) is 9.47 Å². The summed E-state index contributed by atoms with van der Waals surface area (Å²) in [5.74, 6) is -0.0466. The van der Waals surface area contributed by atoms with Gasteiger partial charge in [-0.25, -0.2) is 4.79 Å². The van der Waals surface area contributed by atoms with E-state index in [9.17, 15) is 9.90 Å². The molecule has 1 amide bonds. The number of methoxy groups -OCH3 is 1. The number of ether oxygens (including phenoxy) is 2. The maximum Gasteiger partial charge on any atom is 0.407 e. The van der Waals surface area contributed by atoms with Gasteiger partial charge in [-0.15, -0.1) is 0 Å². The number of amides is 1. The molecule has 0 aliphatic carbocycles. The number of hydrogen-bond acceptors (Lipinski definition) is 4. The molecule has 0 fully saturated rings. The predicted molar refractivity (Wildman–Crippen MR) is 139 cm³/mol. The third-order valence-corrected chi connectivity index (χ3v) is 4.81. The summed E-state index contributed by atoms with van der Waals surface area (Å²) < 4.78 is 10.8. The largest absolute Gasteiger partial charge is 0.444 e. The fourth-order valence-electron chi connectivity index (χ4n) is 2.85. The van der Waals surface area contributed by atoms with Gasteiger partial charge in [0.2, 0.25) is 0 Å². The highest BCUT2D eigenvalue weighted by Gasteiger charge is 2.16. The van der Waals surface area contributed by atoms with Crippen molar-refractivity contribution in [1.82, 2.24) is 5.32 Å². The average Bonchev–Trinajstić information content (AvgIpc) is 2.74. The Bertz CT molecular complexity index is 750. The minimum absolute atomic E-state index is 0.0466. The van der Waals surface area contributed by atoms with E-state index in [4.69, 9.17) is 9.47 Å². The first-order valence-electron chi connectivity index (χ1n) is 11.6. The van der Waals surface area contributed by atoms with E-state index in [1.165, 1.54) is 0 Å².